The van der Waals surface area contributed by atoms with E-state index in [2.05, 4.69) is 20.7 Å². The Morgan fingerprint density at radius 3 is 2.50 bits per heavy atom. The Hall–Kier alpha value is -2.34. The van der Waals surface area contributed by atoms with Gasteiger partial charge in [-0.25, -0.2) is 0 Å². The fraction of sp³-hybridized carbons (Fsp3) is 0.267. The van der Waals surface area contributed by atoms with Crippen molar-refractivity contribution in [2.75, 3.05) is 19.6 Å². The summed E-state index contributed by atoms with van der Waals surface area (Å²) < 4.78 is 10.5. The number of hydrogen-bond donors (Lipinski definition) is 1. The van der Waals surface area contributed by atoms with Gasteiger partial charge in [0.05, 0.1) is 19.9 Å². The molecule has 0 spiro atoms. The van der Waals surface area contributed by atoms with Gasteiger partial charge in [-0.3, -0.25) is 5.43 Å². The minimum atomic E-state index is 0.338. The molecule has 116 valence electrons. The summed E-state index contributed by atoms with van der Waals surface area (Å²) in [7, 11) is 3.21. The van der Waals surface area contributed by atoms with Crippen LogP contribution in [0.3, 0.4) is 0 Å². The van der Waals surface area contributed by atoms with Gasteiger partial charge in [-0.2, -0.15) is 5.10 Å². The number of aromatic nitrogens is 2. The minimum absolute atomic E-state index is 0.338. The molecule has 1 aromatic heterocycles. The number of nitrogens with zero attached hydrogens (tertiary/aromatic N) is 3. The summed E-state index contributed by atoms with van der Waals surface area (Å²) in [6, 6.07) is 9.02. The van der Waals surface area contributed by atoms with Crippen LogP contribution in [0.2, 0.25) is 5.15 Å². The maximum absolute atomic E-state index is 5.70. The van der Waals surface area contributed by atoms with Crippen LogP contribution in [0.4, 0.5) is 5.82 Å². The Labute approximate surface area is 134 Å². The number of benzene rings is 1. The number of rotatable bonds is 6. The zero-order valence-electron chi connectivity index (χ0n) is 12.6. The third-order valence-corrected chi connectivity index (χ3v) is 3.19. The Morgan fingerprint density at radius 2 is 1.91 bits per heavy atom. The Kier molecular flexibility index (Phi) is 5.55. The molecule has 1 heterocycles. The summed E-state index contributed by atoms with van der Waals surface area (Å²) in [5.41, 5.74) is 4.67. The lowest BCUT2D eigenvalue weighted by Crippen LogP contribution is -2.05. The number of ether oxygens (including phenoxy) is 2. The van der Waals surface area contributed by atoms with E-state index < -0.39 is 0 Å². The lowest BCUT2D eigenvalue weighted by molar-refractivity contribution is 0.355. The van der Waals surface area contributed by atoms with Gasteiger partial charge in [-0.1, -0.05) is 18.5 Å². The zero-order chi connectivity index (χ0) is 15.9. The molecule has 1 aromatic carbocycles. The third kappa shape index (κ3) is 3.85. The Morgan fingerprint density at radius 1 is 1.14 bits per heavy atom. The SMILES string of the molecule is CC/C(=N\Nc1ccc(Cl)nn1)c1ccc(OC)c(OC)c1. The molecule has 7 heteroatoms. The van der Waals surface area contributed by atoms with Crippen LogP contribution in [-0.2, 0) is 0 Å². The first-order chi connectivity index (χ1) is 10.7. The normalized spacial score (nSPS) is 11.2. The summed E-state index contributed by atoms with van der Waals surface area (Å²) >= 11 is 5.70. The number of hydrazone groups is 1. The molecule has 0 aliphatic heterocycles. The molecule has 0 amide bonds. The monoisotopic (exact) mass is 320 g/mol. The number of anilines is 1. The molecule has 6 nitrogen and oxygen atoms in total. The summed E-state index contributed by atoms with van der Waals surface area (Å²) in [5.74, 6) is 1.86. The molecule has 0 saturated heterocycles. The van der Waals surface area contributed by atoms with Crippen LogP contribution in [0, 0.1) is 0 Å². The predicted molar refractivity (Wildman–Crippen MR) is 87.0 cm³/mol. The van der Waals surface area contributed by atoms with Gasteiger partial charge in [-0.05, 0) is 36.8 Å². The highest BCUT2D eigenvalue weighted by Crippen LogP contribution is 2.28. The van der Waals surface area contributed by atoms with E-state index >= 15 is 0 Å². The first-order valence-corrected chi connectivity index (χ1v) is 7.10. The van der Waals surface area contributed by atoms with E-state index in [4.69, 9.17) is 21.1 Å². The molecule has 0 fully saturated rings. The number of nitrogens with one attached hydrogen (secondary N) is 1. The van der Waals surface area contributed by atoms with E-state index in [0.29, 0.717) is 22.5 Å². The molecule has 0 aliphatic carbocycles. The molecule has 0 saturated carbocycles. The van der Waals surface area contributed by atoms with Gasteiger partial charge >= 0.3 is 0 Å². The average molecular weight is 321 g/mol. The fourth-order valence-electron chi connectivity index (χ4n) is 1.86. The minimum Gasteiger partial charge on any atom is -0.493 e. The van der Waals surface area contributed by atoms with Gasteiger partial charge in [0, 0.05) is 5.56 Å². The molecule has 1 N–H and O–H groups in total. The maximum Gasteiger partial charge on any atom is 0.168 e. The van der Waals surface area contributed by atoms with Crippen LogP contribution in [0.15, 0.2) is 35.4 Å². The van der Waals surface area contributed by atoms with E-state index in [1.165, 1.54) is 0 Å². The molecule has 0 aliphatic rings. The second kappa shape index (κ2) is 7.61. The Bertz CT molecular complexity index is 659. The van der Waals surface area contributed by atoms with Gasteiger partial charge in [0.2, 0.25) is 0 Å². The highest BCUT2D eigenvalue weighted by molar-refractivity contribution is 6.29. The molecular weight excluding hydrogens is 304 g/mol. The number of hydrogen-bond acceptors (Lipinski definition) is 6. The lowest BCUT2D eigenvalue weighted by atomic mass is 10.1. The van der Waals surface area contributed by atoms with Crippen molar-refractivity contribution in [1.82, 2.24) is 10.2 Å². The Balaban J connectivity index is 2.23. The molecule has 0 atom stereocenters. The summed E-state index contributed by atoms with van der Waals surface area (Å²) in [5, 5.41) is 12.4. The summed E-state index contributed by atoms with van der Waals surface area (Å²) in [4.78, 5) is 0. The largest absolute Gasteiger partial charge is 0.493 e. The quantitative estimate of drug-likeness (QED) is 0.653. The number of methoxy groups -OCH3 is 2. The van der Waals surface area contributed by atoms with Crippen molar-refractivity contribution in [3.63, 3.8) is 0 Å². The van der Waals surface area contributed by atoms with Crippen molar-refractivity contribution in [3.05, 3.63) is 41.0 Å². The van der Waals surface area contributed by atoms with E-state index in [0.717, 1.165) is 17.7 Å². The van der Waals surface area contributed by atoms with Crippen LogP contribution in [0.25, 0.3) is 0 Å². The topological polar surface area (TPSA) is 68.6 Å². The van der Waals surface area contributed by atoms with Crippen LogP contribution in [0.1, 0.15) is 18.9 Å². The van der Waals surface area contributed by atoms with E-state index in [9.17, 15) is 0 Å². The van der Waals surface area contributed by atoms with Crippen molar-refractivity contribution in [2.24, 2.45) is 5.10 Å². The zero-order valence-corrected chi connectivity index (χ0v) is 13.4. The lowest BCUT2D eigenvalue weighted by Gasteiger charge is -2.10. The first-order valence-electron chi connectivity index (χ1n) is 6.72. The van der Waals surface area contributed by atoms with Gasteiger partial charge < -0.3 is 9.47 Å². The first kappa shape index (κ1) is 16.0. The predicted octanol–water partition coefficient (Wildman–Crippen LogP) is 3.37. The third-order valence-electron chi connectivity index (χ3n) is 2.99. The molecular formula is C15H17ClN4O2. The second-order valence-corrected chi connectivity index (χ2v) is 4.72. The molecule has 2 aromatic rings. The molecule has 2 rings (SSSR count). The number of halogens is 1. The van der Waals surface area contributed by atoms with Crippen molar-refractivity contribution in [1.29, 1.82) is 0 Å². The molecule has 0 radical (unpaired) electrons. The van der Waals surface area contributed by atoms with Crippen LogP contribution in [-0.4, -0.2) is 30.1 Å². The van der Waals surface area contributed by atoms with Crippen molar-refractivity contribution in [3.8, 4) is 11.5 Å². The van der Waals surface area contributed by atoms with Gasteiger partial charge in [0.1, 0.15) is 0 Å². The van der Waals surface area contributed by atoms with Crippen molar-refractivity contribution in [2.45, 2.75) is 13.3 Å². The highest BCUT2D eigenvalue weighted by Gasteiger charge is 2.08. The van der Waals surface area contributed by atoms with Crippen molar-refractivity contribution < 1.29 is 9.47 Å². The second-order valence-electron chi connectivity index (χ2n) is 4.33. The molecule has 0 bridgehead atoms. The van der Waals surface area contributed by atoms with Crippen LogP contribution >= 0.6 is 11.6 Å². The average Bonchev–Trinajstić information content (AvgIpc) is 2.56. The fourth-order valence-corrected chi connectivity index (χ4v) is 1.96. The molecule has 0 unspecified atom stereocenters. The van der Waals surface area contributed by atoms with Gasteiger partial charge in [-0.15, -0.1) is 10.2 Å². The van der Waals surface area contributed by atoms with Crippen molar-refractivity contribution >= 4 is 23.1 Å². The summed E-state index contributed by atoms with van der Waals surface area (Å²) in [6.45, 7) is 2.02. The standard InChI is InChI=1S/C15H17ClN4O2/c1-4-11(17-19-15-8-7-14(16)18-20-15)10-5-6-12(21-2)13(9-10)22-3/h5-9H,4H2,1-3H3,(H,19,20)/b17-11+. The van der Waals surface area contributed by atoms with E-state index in [-0.39, 0.29) is 0 Å². The smallest absolute Gasteiger partial charge is 0.168 e. The van der Waals surface area contributed by atoms with Crippen LogP contribution < -0.4 is 14.9 Å². The maximum atomic E-state index is 5.70. The van der Waals surface area contributed by atoms with Gasteiger partial charge in [0.25, 0.3) is 0 Å². The van der Waals surface area contributed by atoms with Crippen LogP contribution in [0.5, 0.6) is 11.5 Å². The highest BCUT2D eigenvalue weighted by atomic mass is 35.5. The van der Waals surface area contributed by atoms with E-state index in [1.807, 2.05) is 25.1 Å². The van der Waals surface area contributed by atoms with Gasteiger partial charge in [0.15, 0.2) is 22.5 Å². The molecule has 22 heavy (non-hydrogen) atoms. The summed E-state index contributed by atoms with van der Waals surface area (Å²) in [6.07, 6.45) is 0.740. The van der Waals surface area contributed by atoms with E-state index in [1.54, 1.807) is 26.4 Å².